The number of hydrogen-bond acceptors (Lipinski definition) is 6. The van der Waals surface area contributed by atoms with E-state index in [1.54, 1.807) is 11.3 Å². The summed E-state index contributed by atoms with van der Waals surface area (Å²) in [5, 5.41) is 6.04. The fourth-order valence-corrected chi connectivity index (χ4v) is 8.36. The quantitative estimate of drug-likeness (QED) is 0.186. The van der Waals surface area contributed by atoms with E-state index in [1.807, 2.05) is 66.7 Å². The molecule has 0 aliphatic heterocycles. The predicted molar refractivity (Wildman–Crippen MR) is 209 cm³/mol. The SMILES string of the molecule is [2H]c1c([2H])c([2H])c(-c2nc(-c3ccc4c(c3)oc3ccc(-c5cccc6c5sc5ccccc56)cc34)nc(-c3cccc4oc5ccccc5c34)n2)c([2H])c1[2H]. The summed E-state index contributed by atoms with van der Waals surface area (Å²) in [6, 6.07) is 38.0. The van der Waals surface area contributed by atoms with Gasteiger partial charge in [0.2, 0.25) is 0 Å². The van der Waals surface area contributed by atoms with Gasteiger partial charge in [0.25, 0.3) is 0 Å². The van der Waals surface area contributed by atoms with Gasteiger partial charge < -0.3 is 8.83 Å². The Kier molecular flexibility index (Phi) is 5.08. The van der Waals surface area contributed by atoms with Crippen LogP contribution in [0.15, 0.2) is 160 Å². The van der Waals surface area contributed by atoms with E-state index in [-0.39, 0.29) is 23.0 Å². The van der Waals surface area contributed by atoms with E-state index in [0.29, 0.717) is 27.9 Å². The average Bonchev–Trinajstić information content (AvgIpc) is 3.93. The highest BCUT2D eigenvalue weighted by Gasteiger charge is 2.19. The summed E-state index contributed by atoms with van der Waals surface area (Å²) in [7, 11) is 0. The lowest BCUT2D eigenvalue weighted by molar-refractivity contribution is 0.668. The Morgan fingerprint density at radius 1 is 0.451 bits per heavy atom. The molecule has 0 aliphatic rings. The van der Waals surface area contributed by atoms with Gasteiger partial charge in [0.1, 0.15) is 22.3 Å². The van der Waals surface area contributed by atoms with Crippen LogP contribution in [0.25, 0.3) is 109 Å². The molecule has 11 rings (SSSR count). The lowest BCUT2D eigenvalue weighted by Crippen LogP contribution is -2.00. The second-order valence-electron chi connectivity index (χ2n) is 12.4. The molecule has 238 valence electrons. The van der Waals surface area contributed by atoms with Crippen LogP contribution >= 0.6 is 11.3 Å². The highest BCUT2D eigenvalue weighted by atomic mass is 32.1. The largest absolute Gasteiger partial charge is 0.456 e. The van der Waals surface area contributed by atoms with E-state index in [0.717, 1.165) is 38.3 Å². The Morgan fingerprint density at radius 2 is 1.14 bits per heavy atom. The van der Waals surface area contributed by atoms with Crippen LogP contribution in [0.5, 0.6) is 0 Å². The maximum absolute atomic E-state index is 8.76. The second-order valence-corrected chi connectivity index (χ2v) is 13.4. The lowest BCUT2D eigenvalue weighted by Gasteiger charge is -2.09. The standard InChI is InChI=1S/C45H25N3O2S/c1-2-10-26(11-3-1)43-46-44(48-45(47-43)34-16-9-18-38-41(34)33-13-4-6-17-36(33)49-38)28-20-22-30-35-24-27(21-23-37(35)50-39(30)25-28)29-14-8-15-32-31-12-5-7-19-40(31)51-42(29)32/h1-25H/i1D,2D,3D,10D,11D. The van der Waals surface area contributed by atoms with E-state index < -0.39 is 30.2 Å². The van der Waals surface area contributed by atoms with E-state index >= 15 is 0 Å². The third-order valence-electron chi connectivity index (χ3n) is 9.45. The molecule has 4 heterocycles. The number of furan rings is 2. The van der Waals surface area contributed by atoms with Gasteiger partial charge in [0.05, 0.1) is 6.85 Å². The first-order valence-corrected chi connectivity index (χ1v) is 17.3. The van der Waals surface area contributed by atoms with Crippen molar-refractivity contribution in [2.24, 2.45) is 0 Å². The highest BCUT2D eigenvalue weighted by Crippen LogP contribution is 2.42. The van der Waals surface area contributed by atoms with Crippen molar-refractivity contribution in [2.45, 2.75) is 0 Å². The van der Waals surface area contributed by atoms with E-state index in [9.17, 15) is 0 Å². The van der Waals surface area contributed by atoms with E-state index in [4.69, 9.17) is 30.6 Å². The molecule has 5 nitrogen and oxygen atoms in total. The number of hydrogen-bond donors (Lipinski definition) is 0. The lowest BCUT2D eigenvalue weighted by atomic mass is 10.0. The van der Waals surface area contributed by atoms with Crippen LogP contribution in [0.2, 0.25) is 0 Å². The Labute approximate surface area is 302 Å². The molecule has 0 fully saturated rings. The molecule has 0 unspecified atom stereocenters. The average molecular weight is 677 g/mol. The van der Waals surface area contributed by atoms with Gasteiger partial charge in [0.15, 0.2) is 17.5 Å². The van der Waals surface area contributed by atoms with Crippen molar-refractivity contribution in [1.29, 1.82) is 0 Å². The third-order valence-corrected chi connectivity index (χ3v) is 10.7. The van der Waals surface area contributed by atoms with Crippen LogP contribution < -0.4 is 0 Å². The summed E-state index contributed by atoms with van der Waals surface area (Å²) in [4.78, 5) is 14.5. The first kappa shape index (κ1) is 23.7. The Hall–Kier alpha value is -6.63. The summed E-state index contributed by atoms with van der Waals surface area (Å²) < 4.78 is 57.5. The molecular formula is C45H25N3O2S. The number of thiophene rings is 1. The van der Waals surface area contributed by atoms with Crippen LogP contribution in [0.3, 0.4) is 0 Å². The van der Waals surface area contributed by atoms with Crippen molar-refractivity contribution in [2.75, 3.05) is 0 Å². The van der Waals surface area contributed by atoms with Crippen molar-refractivity contribution >= 4 is 75.4 Å². The van der Waals surface area contributed by atoms with Crippen LogP contribution in [-0.2, 0) is 0 Å². The number of aromatic nitrogens is 3. The topological polar surface area (TPSA) is 65.0 Å². The molecule has 7 aromatic carbocycles. The molecule has 11 aromatic rings. The molecule has 0 saturated heterocycles. The molecular weight excluding hydrogens is 647 g/mol. The number of fused-ring (bicyclic) bond motifs is 9. The van der Waals surface area contributed by atoms with Crippen molar-refractivity contribution < 1.29 is 15.7 Å². The third kappa shape index (κ3) is 4.43. The van der Waals surface area contributed by atoms with E-state index in [2.05, 4.69) is 54.6 Å². The second kappa shape index (κ2) is 10.9. The van der Waals surface area contributed by atoms with Crippen LogP contribution in [-0.4, -0.2) is 15.0 Å². The zero-order valence-corrected chi connectivity index (χ0v) is 27.4. The zero-order chi connectivity index (χ0) is 37.8. The minimum atomic E-state index is -0.494. The van der Waals surface area contributed by atoms with Crippen molar-refractivity contribution in [3.63, 3.8) is 0 Å². The zero-order valence-electron chi connectivity index (χ0n) is 31.6. The van der Waals surface area contributed by atoms with Crippen molar-refractivity contribution in [3.8, 4) is 45.3 Å². The molecule has 4 aromatic heterocycles. The maximum atomic E-state index is 8.76. The summed E-state index contributed by atoms with van der Waals surface area (Å²) >= 11 is 1.80. The van der Waals surface area contributed by atoms with Gasteiger partial charge >= 0.3 is 0 Å². The van der Waals surface area contributed by atoms with Gasteiger partial charge in [-0.15, -0.1) is 11.3 Å². The first-order chi connectivity index (χ1) is 27.3. The Bertz CT molecular complexity index is 3430. The van der Waals surface area contributed by atoms with Gasteiger partial charge in [-0.25, -0.2) is 15.0 Å². The molecule has 0 amide bonds. The van der Waals surface area contributed by atoms with Crippen LogP contribution in [0, 0.1) is 0 Å². The van der Waals surface area contributed by atoms with E-state index in [1.165, 1.54) is 20.2 Å². The predicted octanol–water partition coefficient (Wildman–Crippen LogP) is 12.7. The smallest absolute Gasteiger partial charge is 0.164 e. The molecule has 0 aliphatic carbocycles. The number of rotatable bonds is 4. The summed E-state index contributed by atoms with van der Waals surface area (Å²) in [5.74, 6) is 0.469. The van der Waals surface area contributed by atoms with Gasteiger partial charge in [-0.05, 0) is 53.6 Å². The van der Waals surface area contributed by atoms with Gasteiger partial charge in [-0.3, -0.25) is 0 Å². The van der Waals surface area contributed by atoms with Crippen LogP contribution in [0.4, 0.5) is 0 Å². The number of nitrogens with zero attached hydrogens (tertiary/aromatic N) is 3. The maximum Gasteiger partial charge on any atom is 0.164 e. The van der Waals surface area contributed by atoms with Crippen molar-refractivity contribution in [3.05, 3.63) is 152 Å². The molecule has 0 spiro atoms. The molecule has 6 heteroatoms. The normalized spacial score (nSPS) is 13.3. The Morgan fingerprint density at radius 3 is 2.06 bits per heavy atom. The minimum absolute atomic E-state index is 0.0449. The summed E-state index contributed by atoms with van der Waals surface area (Å²) in [6.45, 7) is 0. The molecule has 0 saturated carbocycles. The fraction of sp³-hybridized carbons (Fsp3) is 0. The molecule has 0 bridgehead atoms. The molecule has 0 radical (unpaired) electrons. The summed E-state index contributed by atoms with van der Waals surface area (Å²) in [5.41, 5.74) is 6.10. The van der Waals surface area contributed by atoms with Gasteiger partial charge in [-0.1, -0.05) is 109 Å². The molecule has 0 atom stereocenters. The monoisotopic (exact) mass is 676 g/mol. The highest BCUT2D eigenvalue weighted by molar-refractivity contribution is 7.26. The number of benzene rings is 7. The van der Waals surface area contributed by atoms with Crippen molar-refractivity contribution in [1.82, 2.24) is 15.0 Å². The van der Waals surface area contributed by atoms with Gasteiger partial charge in [-0.2, -0.15) is 0 Å². The van der Waals surface area contributed by atoms with Crippen LogP contribution in [0.1, 0.15) is 6.85 Å². The molecule has 0 N–H and O–H groups in total. The minimum Gasteiger partial charge on any atom is -0.456 e. The fourth-order valence-electron chi connectivity index (χ4n) is 7.12. The molecule has 51 heavy (non-hydrogen) atoms. The van der Waals surface area contributed by atoms with Gasteiger partial charge in [0, 0.05) is 58.4 Å². The first-order valence-electron chi connectivity index (χ1n) is 18.9. The number of para-hydroxylation sites is 1. The summed E-state index contributed by atoms with van der Waals surface area (Å²) in [6.07, 6.45) is 0. The Balaban J connectivity index is 1.10.